The number of carbonyl (C=O) groups is 3. The fourth-order valence-electron chi connectivity index (χ4n) is 3.04. The quantitative estimate of drug-likeness (QED) is 0.766. The van der Waals surface area contributed by atoms with Gasteiger partial charge in [0, 0.05) is 38.3 Å². The zero-order valence-electron chi connectivity index (χ0n) is 16.8. The SMILES string of the molecule is CC(C)(C)OC(=O)N[C@@H](CCC(N)=O)C(=O)N1CCN(c2ccccc2)CC1. The lowest BCUT2D eigenvalue weighted by Crippen LogP contribution is -2.55. The van der Waals surface area contributed by atoms with Crippen LogP contribution in [0.1, 0.15) is 33.6 Å². The van der Waals surface area contributed by atoms with E-state index >= 15 is 0 Å². The van der Waals surface area contributed by atoms with E-state index in [1.807, 2.05) is 30.3 Å². The highest BCUT2D eigenvalue weighted by molar-refractivity contribution is 5.86. The topological polar surface area (TPSA) is 105 Å². The number of nitrogens with zero attached hydrogens (tertiary/aromatic N) is 2. The summed E-state index contributed by atoms with van der Waals surface area (Å²) in [4.78, 5) is 40.1. The highest BCUT2D eigenvalue weighted by Crippen LogP contribution is 2.16. The van der Waals surface area contributed by atoms with Crippen LogP contribution in [0.5, 0.6) is 0 Å². The molecule has 8 heteroatoms. The normalized spacial score (nSPS) is 15.7. The van der Waals surface area contributed by atoms with Crippen LogP contribution in [0.3, 0.4) is 0 Å². The molecule has 8 nitrogen and oxygen atoms in total. The molecule has 0 aliphatic carbocycles. The van der Waals surface area contributed by atoms with E-state index < -0.39 is 23.6 Å². The second-order valence-electron chi connectivity index (χ2n) is 7.85. The minimum absolute atomic E-state index is 0.0101. The van der Waals surface area contributed by atoms with E-state index in [1.165, 1.54) is 0 Å². The average Bonchev–Trinajstić information content (AvgIpc) is 2.64. The molecule has 1 atom stereocenters. The number of nitrogens with one attached hydrogen (secondary N) is 1. The average molecular weight is 390 g/mol. The first-order valence-corrected chi connectivity index (χ1v) is 9.52. The molecule has 154 valence electrons. The van der Waals surface area contributed by atoms with Crippen LogP contribution in [0.4, 0.5) is 10.5 Å². The van der Waals surface area contributed by atoms with Gasteiger partial charge in [0.1, 0.15) is 11.6 Å². The molecular weight excluding hydrogens is 360 g/mol. The van der Waals surface area contributed by atoms with Gasteiger partial charge in [-0.05, 0) is 39.3 Å². The Kier molecular flexibility index (Phi) is 7.25. The zero-order valence-corrected chi connectivity index (χ0v) is 16.8. The van der Waals surface area contributed by atoms with Crippen molar-refractivity contribution in [3.8, 4) is 0 Å². The fraction of sp³-hybridized carbons (Fsp3) is 0.550. The van der Waals surface area contributed by atoms with Crippen molar-refractivity contribution in [3.63, 3.8) is 0 Å². The number of benzene rings is 1. The number of ether oxygens (including phenoxy) is 1. The summed E-state index contributed by atoms with van der Waals surface area (Å²) in [6, 6.07) is 9.17. The molecule has 0 aromatic heterocycles. The van der Waals surface area contributed by atoms with Gasteiger partial charge in [0.25, 0.3) is 0 Å². The smallest absolute Gasteiger partial charge is 0.408 e. The molecular formula is C20H30N4O4. The van der Waals surface area contributed by atoms with E-state index in [9.17, 15) is 14.4 Å². The standard InChI is InChI=1S/C20H30N4O4/c1-20(2,3)28-19(27)22-16(9-10-17(21)25)18(26)24-13-11-23(12-14-24)15-7-5-4-6-8-15/h4-8,16H,9-14H2,1-3H3,(H2,21,25)(H,22,27)/t16-/m0/s1. The lowest BCUT2D eigenvalue weighted by Gasteiger charge is -2.37. The number of nitrogens with two attached hydrogens (primary N) is 1. The first kappa shape index (κ1) is 21.5. The molecule has 0 spiro atoms. The number of primary amides is 1. The molecule has 3 amide bonds. The fourth-order valence-corrected chi connectivity index (χ4v) is 3.04. The maximum atomic E-state index is 12.9. The van der Waals surface area contributed by atoms with E-state index in [2.05, 4.69) is 10.2 Å². The Morgan fingerprint density at radius 2 is 1.71 bits per heavy atom. The molecule has 2 rings (SSSR count). The van der Waals surface area contributed by atoms with Crippen LogP contribution in [-0.2, 0) is 14.3 Å². The lowest BCUT2D eigenvalue weighted by atomic mass is 10.1. The number of hydrogen-bond acceptors (Lipinski definition) is 5. The van der Waals surface area contributed by atoms with E-state index in [1.54, 1.807) is 25.7 Å². The minimum Gasteiger partial charge on any atom is -0.444 e. The highest BCUT2D eigenvalue weighted by Gasteiger charge is 2.30. The van der Waals surface area contributed by atoms with Crippen molar-refractivity contribution in [2.45, 2.75) is 45.3 Å². The Morgan fingerprint density at radius 3 is 2.25 bits per heavy atom. The number of para-hydroxylation sites is 1. The summed E-state index contributed by atoms with van der Waals surface area (Å²) in [6.45, 7) is 7.71. The molecule has 0 radical (unpaired) electrons. The predicted octanol–water partition coefficient (Wildman–Crippen LogP) is 1.49. The van der Waals surface area contributed by atoms with Crippen LogP contribution in [0.2, 0.25) is 0 Å². The number of anilines is 1. The molecule has 1 saturated heterocycles. The van der Waals surface area contributed by atoms with Crippen molar-refractivity contribution in [1.29, 1.82) is 0 Å². The van der Waals surface area contributed by atoms with Gasteiger partial charge >= 0.3 is 6.09 Å². The van der Waals surface area contributed by atoms with Gasteiger partial charge in [0.05, 0.1) is 0 Å². The Labute approximate surface area is 166 Å². The number of alkyl carbamates (subject to hydrolysis) is 1. The summed E-state index contributed by atoms with van der Waals surface area (Å²) in [5, 5.41) is 2.60. The zero-order chi connectivity index (χ0) is 20.7. The van der Waals surface area contributed by atoms with Crippen LogP contribution < -0.4 is 16.0 Å². The van der Waals surface area contributed by atoms with Crippen molar-refractivity contribution >= 4 is 23.6 Å². The molecule has 1 heterocycles. The van der Waals surface area contributed by atoms with E-state index in [0.717, 1.165) is 5.69 Å². The predicted molar refractivity (Wildman–Crippen MR) is 107 cm³/mol. The van der Waals surface area contributed by atoms with E-state index in [4.69, 9.17) is 10.5 Å². The molecule has 0 saturated carbocycles. The summed E-state index contributed by atoms with van der Waals surface area (Å²) in [7, 11) is 0. The van der Waals surface area contributed by atoms with Gasteiger partial charge in [0.15, 0.2) is 0 Å². The Bertz CT molecular complexity index is 679. The van der Waals surface area contributed by atoms with Crippen LogP contribution >= 0.6 is 0 Å². The van der Waals surface area contributed by atoms with Gasteiger partial charge in [-0.1, -0.05) is 18.2 Å². The monoisotopic (exact) mass is 390 g/mol. The molecule has 1 aromatic rings. The van der Waals surface area contributed by atoms with Gasteiger partial charge in [-0.15, -0.1) is 0 Å². The third-order valence-corrected chi connectivity index (χ3v) is 4.38. The largest absolute Gasteiger partial charge is 0.444 e. The highest BCUT2D eigenvalue weighted by atomic mass is 16.6. The molecule has 1 fully saturated rings. The Hall–Kier alpha value is -2.77. The third-order valence-electron chi connectivity index (χ3n) is 4.38. The maximum absolute atomic E-state index is 12.9. The summed E-state index contributed by atoms with van der Waals surface area (Å²) >= 11 is 0. The van der Waals surface area contributed by atoms with Crippen molar-refractivity contribution in [2.75, 3.05) is 31.1 Å². The van der Waals surface area contributed by atoms with E-state index in [0.29, 0.717) is 26.2 Å². The van der Waals surface area contributed by atoms with Crippen LogP contribution in [0.15, 0.2) is 30.3 Å². The van der Waals surface area contributed by atoms with Crippen LogP contribution in [0.25, 0.3) is 0 Å². The summed E-state index contributed by atoms with van der Waals surface area (Å²) in [6.07, 6.45) is -0.527. The van der Waals surface area contributed by atoms with Crippen molar-refractivity contribution in [2.24, 2.45) is 5.73 Å². The maximum Gasteiger partial charge on any atom is 0.408 e. The number of amides is 3. The van der Waals surface area contributed by atoms with Crippen LogP contribution in [0, 0.1) is 0 Å². The minimum atomic E-state index is -0.842. The molecule has 3 N–H and O–H groups in total. The van der Waals surface area contributed by atoms with Gasteiger partial charge in [-0.2, -0.15) is 0 Å². The second kappa shape index (κ2) is 9.43. The molecule has 0 unspecified atom stereocenters. The lowest BCUT2D eigenvalue weighted by molar-refractivity contribution is -0.134. The third kappa shape index (κ3) is 6.75. The summed E-state index contributed by atoms with van der Waals surface area (Å²) < 4.78 is 5.24. The first-order valence-electron chi connectivity index (χ1n) is 9.52. The summed E-state index contributed by atoms with van der Waals surface area (Å²) in [5.41, 5.74) is 5.66. The van der Waals surface area contributed by atoms with Crippen molar-refractivity contribution < 1.29 is 19.1 Å². The molecule has 28 heavy (non-hydrogen) atoms. The number of hydrogen-bond donors (Lipinski definition) is 2. The Balaban J connectivity index is 1.97. The van der Waals surface area contributed by atoms with E-state index in [-0.39, 0.29) is 18.7 Å². The molecule has 1 aliphatic heterocycles. The molecule has 0 bridgehead atoms. The van der Waals surface area contributed by atoms with Gasteiger partial charge < -0.3 is 25.6 Å². The number of rotatable bonds is 6. The second-order valence-corrected chi connectivity index (χ2v) is 7.85. The van der Waals surface area contributed by atoms with Gasteiger partial charge in [-0.3, -0.25) is 9.59 Å². The first-order chi connectivity index (χ1) is 13.2. The summed E-state index contributed by atoms with van der Waals surface area (Å²) in [5.74, 6) is -0.738. The molecule has 1 aromatic carbocycles. The van der Waals surface area contributed by atoms with Crippen LogP contribution in [-0.4, -0.2) is 60.6 Å². The van der Waals surface area contributed by atoms with Gasteiger partial charge in [0.2, 0.25) is 11.8 Å². The van der Waals surface area contributed by atoms with Crippen molar-refractivity contribution in [1.82, 2.24) is 10.2 Å². The number of carbonyl (C=O) groups excluding carboxylic acids is 3. The van der Waals surface area contributed by atoms with Gasteiger partial charge in [-0.25, -0.2) is 4.79 Å². The number of piperazine rings is 1. The molecule has 1 aliphatic rings. The van der Waals surface area contributed by atoms with Crippen molar-refractivity contribution in [3.05, 3.63) is 30.3 Å². The Morgan fingerprint density at radius 1 is 1.11 bits per heavy atom.